The van der Waals surface area contributed by atoms with Gasteiger partial charge in [-0.2, -0.15) is 0 Å². The number of benzene rings is 1. The molecule has 19 heavy (non-hydrogen) atoms. The van der Waals surface area contributed by atoms with Gasteiger partial charge in [0.15, 0.2) is 5.82 Å². The molecule has 1 saturated carbocycles. The van der Waals surface area contributed by atoms with E-state index in [4.69, 9.17) is 10.5 Å². The van der Waals surface area contributed by atoms with Crippen LogP contribution in [0.5, 0.6) is 0 Å². The van der Waals surface area contributed by atoms with Crippen molar-refractivity contribution < 1.29 is 19.3 Å². The minimum atomic E-state index is -1.18. The molecule has 1 saturated heterocycles. The van der Waals surface area contributed by atoms with Crippen molar-refractivity contribution in [1.82, 2.24) is 0 Å². The Kier molecular flexibility index (Phi) is 2.70. The Hall–Kier alpha value is -1.70. The molecule has 1 aliphatic heterocycles. The van der Waals surface area contributed by atoms with Gasteiger partial charge in [0.1, 0.15) is 11.3 Å². The molecule has 6 nitrogen and oxygen atoms in total. The maximum absolute atomic E-state index is 13.7. The van der Waals surface area contributed by atoms with Crippen LogP contribution in [-0.2, 0) is 4.74 Å². The molecule has 1 aromatic rings. The molecule has 7 heteroatoms. The number of halogens is 1. The summed E-state index contributed by atoms with van der Waals surface area (Å²) in [5, 5.41) is 19.3. The number of rotatable bonds is 2. The van der Waals surface area contributed by atoms with E-state index in [-0.39, 0.29) is 5.69 Å². The predicted molar refractivity (Wildman–Crippen MR) is 66.5 cm³/mol. The lowest BCUT2D eigenvalue weighted by Crippen LogP contribution is -2.30. The van der Waals surface area contributed by atoms with Gasteiger partial charge in [0.2, 0.25) is 6.41 Å². The average Bonchev–Trinajstić information content (AvgIpc) is 2.84. The lowest BCUT2D eigenvalue weighted by molar-refractivity contribution is -0.108. The van der Waals surface area contributed by atoms with Crippen LogP contribution in [0.4, 0.5) is 15.8 Å². The molecular formula is C12H14FN3O3. The highest BCUT2D eigenvalue weighted by Gasteiger charge is 2.62. The SMILES string of the molecule is NC=Nc1ccc(N2C[C@]3(CC3O)OC2O)cc1F. The van der Waals surface area contributed by atoms with E-state index in [1.165, 1.54) is 17.0 Å². The van der Waals surface area contributed by atoms with Crippen LogP contribution in [0.2, 0.25) is 0 Å². The molecule has 3 atom stereocenters. The first kappa shape index (κ1) is 12.3. The molecule has 2 unspecified atom stereocenters. The lowest BCUT2D eigenvalue weighted by Gasteiger charge is -2.20. The third-order valence-corrected chi connectivity index (χ3v) is 3.51. The molecule has 2 fully saturated rings. The van der Waals surface area contributed by atoms with Crippen molar-refractivity contribution in [2.24, 2.45) is 10.7 Å². The third-order valence-electron chi connectivity index (χ3n) is 3.51. The smallest absolute Gasteiger partial charge is 0.238 e. The molecule has 0 radical (unpaired) electrons. The van der Waals surface area contributed by atoms with E-state index in [0.717, 1.165) is 6.34 Å². The number of anilines is 1. The quantitative estimate of drug-likeness (QED) is 0.520. The summed E-state index contributed by atoms with van der Waals surface area (Å²) in [7, 11) is 0. The van der Waals surface area contributed by atoms with E-state index in [1.807, 2.05) is 0 Å². The number of hydrogen-bond donors (Lipinski definition) is 3. The van der Waals surface area contributed by atoms with Crippen molar-refractivity contribution in [2.75, 3.05) is 11.4 Å². The molecule has 3 rings (SSSR count). The van der Waals surface area contributed by atoms with Gasteiger partial charge in [-0.15, -0.1) is 0 Å². The number of aliphatic hydroxyl groups excluding tert-OH is 2. The van der Waals surface area contributed by atoms with Gasteiger partial charge >= 0.3 is 0 Å². The summed E-state index contributed by atoms with van der Waals surface area (Å²) in [4.78, 5) is 5.17. The summed E-state index contributed by atoms with van der Waals surface area (Å²) >= 11 is 0. The molecule has 0 bridgehead atoms. The number of ether oxygens (including phenoxy) is 1. The second kappa shape index (κ2) is 4.16. The molecule has 4 N–H and O–H groups in total. The number of aliphatic hydroxyl groups is 2. The van der Waals surface area contributed by atoms with E-state index >= 15 is 0 Å². The van der Waals surface area contributed by atoms with Crippen molar-refractivity contribution in [1.29, 1.82) is 0 Å². The number of aliphatic imine (C=N–C) groups is 1. The largest absolute Gasteiger partial charge is 0.390 e. The predicted octanol–water partition coefficient (Wildman–Crippen LogP) is 0.0601. The Labute approximate surface area is 108 Å². The van der Waals surface area contributed by atoms with Gasteiger partial charge in [-0.05, 0) is 18.2 Å². The summed E-state index contributed by atoms with van der Waals surface area (Å²) in [5.41, 5.74) is 5.01. The highest BCUT2D eigenvalue weighted by atomic mass is 19.1. The second-order valence-corrected chi connectivity index (χ2v) is 4.77. The molecule has 1 spiro atoms. The number of hydrogen-bond acceptors (Lipinski definition) is 5. The average molecular weight is 267 g/mol. The van der Waals surface area contributed by atoms with Crippen LogP contribution in [0.15, 0.2) is 23.2 Å². The Balaban J connectivity index is 1.85. The van der Waals surface area contributed by atoms with Gasteiger partial charge in [0.05, 0.1) is 19.0 Å². The van der Waals surface area contributed by atoms with Gasteiger partial charge in [0, 0.05) is 12.1 Å². The maximum atomic E-state index is 13.7. The summed E-state index contributed by atoms with van der Waals surface area (Å²) in [6.07, 6.45) is -0.251. The molecule has 102 valence electrons. The van der Waals surface area contributed by atoms with Gasteiger partial charge in [-0.1, -0.05) is 0 Å². The molecule has 1 aliphatic carbocycles. The monoisotopic (exact) mass is 267 g/mol. The van der Waals surface area contributed by atoms with Gasteiger partial charge < -0.3 is 25.6 Å². The van der Waals surface area contributed by atoms with Gasteiger partial charge in [-0.3, -0.25) is 0 Å². The van der Waals surface area contributed by atoms with E-state index in [9.17, 15) is 14.6 Å². The van der Waals surface area contributed by atoms with Crippen molar-refractivity contribution in [3.05, 3.63) is 24.0 Å². The zero-order chi connectivity index (χ0) is 13.6. The minimum absolute atomic E-state index is 0.127. The van der Waals surface area contributed by atoms with E-state index in [2.05, 4.69) is 4.99 Å². The Morgan fingerprint density at radius 3 is 2.79 bits per heavy atom. The normalized spacial score (nSPS) is 33.5. The standard InChI is InChI=1S/C12H14FN3O3/c13-8-3-7(1-2-9(8)15-6-14)16-5-12(4-10(12)17)19-11(16)18/h1-3,6,10-11,17-18H,4-5H2,(H2,14,15)/t10?,11?,12-/m0/s1. The Bertz CT molecular complexity index is 539. The van der Waals surface area contributed by atoms with Crippen LogP contribution in [0.3, 0.4) is 0 Å². The third kappa shape index (κ3) is 1.95. The molecule has 1 aromatic carbocycles. The highest BCUT2D eigenvalue weighted by Crippen LogP contribution is 2.47. The van der Waals surface area contributed by atoms with E-state index in [1.54, 1.807) is 6.07 Å². The van der Waals surface area contributed by atoms with Crippen LogP contribution in [0.25, 0.3) is 0 Å². The topological polar surface area (TPSA) is 91.3 Å². The molecule has 0 aromatic heterocycles. The first-order valence-corrected chi connectivity index (χ1v) is 5.90. The Morgan fingerprint density at radius 1 is 1.53 bits per heavy atom. The first-order valence-electron chi connectivity index (χ1n) is 5.90. The molecular weight excluding hydrogens is 253 g/mol. The van der Waals surface area contributed by atoms with Crippen molar-refractivity contribution in [3.8, 4) is 0 Å². The zero-order valence-electron chi connectivity index (χ0n) is 10.0. The summed E-state index contributed by atoms with van der Waals surface area (Å²) in [6.45, 7) is 0.328. The van der Waals surface area contributed by atoms with Crippen LogP contribution in [-0.4, -0.2) is 41.2 Å². The van der Waals surface area contributed by atoms with Crippen molar-refractivity contribution >= 4 is 17.7 Å². The first-order chi connectivity index (χ1) is 9.05. The molecule has 2 aliphatic rings. The summed E-state index contributed by atoms with van der Waals surface area (Å²) in [5.74, 6) is -0.538. The number of nitrogens with two attached hydrogens (primary N) is 1. The fourth-order valence-corrected chi connectivity index (χ4v) is 2.32. The van der Waals surface area contributed by atoms with Crippen molar-refractivity contribution in [2.45, 2.75) is 24.5 Å². The zero-order valence-corrected chi connectivity index (χ0v) is 10.0. The summed E-state index contributed by atoms with van der Waals surface area (Å²) < 4.78 is 19.1. The van der Waals surface area contributed by atoms with Gasteiger partial charge in [-0.25, -0.2) is 9.38 Å². The van der Waals surface area contributed by atoms with Crippen LogP contribution in [0, 0.1) is 5.82 Å². The van der Waals surface area contributed by atoms with Gasteiger partial charge in [0.25, 0.3) is 0 Å². The fraction of sp³-hybridized carbons (Fsp3) is 0.417. The van der Waals surface area contributed by atoms with Crippen LogP contribution < -0.4 is 10.6 Å². The molecule has 1 heterocycles. The second-order valence-electron chi connectivity index (χ2n) is 4.77. The maximum Gasteiger partial charge on any atom is 0.238 e. The fourth-order valence-electron chi connectivity index (χ4n) is 2.32. The van der Waals surface area contributed by atoms with E-state index in [0.29, 0.717) is 18.7 Å². The van der Waals surface area contributed by atoms with Crippen LogP contribution in [0.1, 0.15) is 6.42 Å². The van der Waals surface area contributed by atoms with E-state index < -0.39 is 23.9 Å². The van der Waals surface area contributed by atoms with Crippen molar-refractivity contribution in [3.63, 3.8) is 0 Å². The lowest BCUT2D eigenvalue weighted by atomic mass is 10.2. The number of nitrogens with zero attached hydrogens (tertiary/aromatic N) is 2. The minimum Gasteiger partial charge on any atom is -0.390 e. The molecule has 0 amide bonds. The Morgan fingerprint density at radius 2 is 2.26 bits per heavy atom. The summed E-state index contributed by atoms with van der Waals surface area (Å²) in [6, 6.07) is 4.34. The van der Waals surface area contributed by atoms with Crippen LogP contribution >= 0.6 is 0 Å². The highest BCUT2D eigenvalue weighted by molar-refractivity contribution is 5.62.